The highest BCUT2D eigenvalue weighted by molar-refractivity contribution is 9.10. The second kappa shape index (κ2) is 5.69. The molecule has 2 rings (SSSR count). The minimum atomic E-state index is 0.277. The van der Waals surface area contributed by atoms with E-state index < -0.39 is 0 Å². The van der Waals surface area contributed by atoms with Crippen molar-refractivity contribution >= 4 is 21.8 Å². The Morgan fingerprint density at radius 3 is 3.00 bits per heavy atom. The average molecular weight is 301 g/mol. The maximum absolute atomic E-state index is 11.5. The van der Waals surface area contributed by atoms with Crippen LogP contribution in [0.5, 0.6) is 0 Å². The molecule has 1 saturated heterocycles. The molecule has 1 aromatic heterocycles. The Kier molecular flexibility index (Phi) is 4.23. The third kappa shape index (κ3) is 3.57. The highest BCUT2D eigenvalue weighted by Crippen LogP contribution is 2.14. The Morgan fingerprint density at radius 2 is 2.41 bits per heavy atom. The normalized spacial score (nSPS) is 17.8. The summed E-state index contributed by atoms with van der Waals surface area (Å²) in [6.45, 7) is 4.45. The minimum Gasteiger partial charge on any atom is -0.453 e. The van der Waals surface area contributed by atoms with Crippen molar-refractivity contribution in [2.24, 2.45) is 0 Å². The number of carbonyl (C=O) groups excluding carboxylic acids is 1. The average Bonchev–Trinajstić information content (AvgIpc) is 2.86. The number of hydrogen-bond acceptors (Lipinski definition) is 3. The lowest BCUT2D eigenvalue weighted by Crippen LogP contribution is -2.39. The number of hydrogen-bond donors (Lipinski definition) is 1. The lowest BCUT2D eigenvalue weighted by atomic mass is 10.3. The van der Waals surface area contributed by atoms with Crippen LogP contribution in [0, 0.1) is 0 Å². The van der Waals surface area contributed by atoms with Crippen LogP contribution >= 0.6 is 15.9 Å². The van der Waals surface area contributed by atoms with Crippen LogP contribution in [0.25, 0.3) is 0 Å². The standard InChI is InChI=1S/C12H17BrN2O2/c1-9(8-15-6-2-3-12(15)16)14-7-10-4-5-11(13)17-10/h4-5,9,14H,2-3,6-8H2,1H3. The molecule has 0 aliphatic carbocycles. The van der Waals surface area contributed by atoms with Gasteiger partial charge in [0.05, 0.1) is 6.54 Å². The first kappa shape index (κ1) is 12.6. The molecule has 4 nitrogen and oxygen atoms in total. The van der Waals surface area contributed by atoms with Crippen LogP contribution in [-0.4, -0.2) is 29.9 Å². The van der Waals surface area contributed by atoms with Gasteiger partial charge in [0.2, 0.25) is 5.91 Å². The molecule has 0 saturated carbocycles. The highest BCUT2D eigenvalue weighted by Gasteiger charge is 2.21. The molecule has 5 heteroatoms. The molecule has 0 radical (unpaired) electrons. The number of carbonyl (C=O) groups is 1. The molecule has 2 heterocycles. The Balaban J connectivity index is 1.73. The van der Waals surface area contributed by atoms with Gasteiger partial charge in [0, 0.05) is 25.6 Å². The van der Waals surface area contributed by atoms with Crippen LogP contribution in [0.1, 0.15) is 25.5 Å². The van der Waals surface area contributed by atoms with E-state index in [0.29, 0.717) is 13.0 Å². The van der Waals surface area contributed by atoms with E-state index in [-0.39, 0.29) is 11.9 Å². The monoisotopic (exact) mass is 300 g/mol. The predicted octanol–water partition coefficient (Wildman–Crippen LogP) is 2.14. The largest absolute Gasteiger partial charge is 0.453 e. The SMILES string of the molecule is CC(CN1CCCC1=O)NCc1ccc(Br)o1. The van der Waals surface area contributed by atoms with Crippen LogP contribution in [0.2, 0.25) is 0 Å². The number of halogens is 1. The van der Waals surface area contributed by atoms with Crippen LogP contribution in [0.15, 0.2) is 21.2 Å². The van der Waals surface area contributed by atoms with Crippen LogP contribution in [-0.2, 0) is 11.3 Å². The molecule has 1 atom stereocenters. The molecule has 0 spiro atoms. The van der Waals surface area contributed by atoms with Gasteiger partial charge >= 0.3 is 0 Å². The van der Waals surface area contributed by atoms with Crippen molar-refractivity contribution in [2.75, 3.05) is 13.1 Å². The van der Waals surface area contributed by atoms with Crippen LogP contribution < -0.4 is 5.32 Å². The molecule has 0 bridgehead atoms. The van der Waals surface area contributed by atoms with Crippen molar-refractivity contribution in [2.45, 2.75) is 32.4 Å². The van der Waals surface area contributed by atoms with Crippen molar-refractivity contribution in [3.05, 3.63) is 22.6 Å². The molecule has 1 unspecified atom stereocenters. The summed E-state index contributed by atoms with van der Waals surface area (Å²) in [6, 6.07) is 4.09. The summed E-state index contributed by atoms with van der Waals surface area (Å²) in [5, 5.41) is 3.35. The Labute approximate surface area is 109 Å². The predicted molar refractivity (Wildman–Crippen MR) is 68.5 cm³/mol. The number of amides is 1. The number of nitrogens with zero attached hydrogens (tertiary/aromatic N) is 1. The van der Waals surface area contributed by atoms with Gasteiger partial charge in [0.25, 0.3) is 0 Å². The topological polar surface area (TPSA) is 45.5 Å². The van der Waals surface area contributed by atoms with E-state index in [9.17, 15) is 4.79 Å². The molecule has 17 heavy (non-hydrogen) atoms. The van der Waals surface area contributed by atoms with E-state index in [1.807, 2.05) is 17.0 Å². The van der Waals surface area contributed by atoms with Crippen molar-refractivity contribution in [3.63, 3.8) is 0 Å². The van der Waals surface area contributed by atoms with Gasteiger partial charge in [-0.3, -0.25) is 4.79 Å². The van der Waals surface area contributed by atoms with Gasteiger partial charge in [-0.2, -0.15) is 0 Å². The van der Waals surface area contributed by atoms with Crippen LogP contribution in [0.3, 0.4) is 0 Å². The zero-order valence-corrected chi connectivity index (χ0v) is 11.5. The smallest absolute Gasteiger partial charge is 0.222 e. The van der Waals surface area contributed by atoms with Crippen molar-refractivity contribution in [1.82, 2.24) is 10.2 Å². The number of furan rings is 1. The molecule has 1 aliphatic heterocycles. The third-order valence-electron chi connectivity index (χ3n) is 2.92. The van der Waals surface area contributed by atoms with Crippen molar-refractivity contribution in [3.8, 4) is 0 Å². The molecule has 94 valence electrons. The summed E-state index contributed by atoms with van der Waals surface area (Å²) in [6.07, 6.45) is 1.70. The maximum Gasteiger partial charge on any atom is 0.222 e. The number of rotatable bonds is 5. The summed E-state index contributed by atoms with van der Waals surface area (Å²) < 4.78 is 6.15. The molecular weight excluding hydrogens is 284 g/mol. The Bertz CT molecular complexity index is 392. The number of nitrogens with one attached hydrogen (secondary N) is 1. The first-order valence-electron chi connectivity index (χ1n) is 5.90. The van der Waals surface area contributed by atoms with Gasteiger partial charge in [-0.15, -0.1) is 0 Å². The zero-order chi connectivity index (χ0) is 12.3. The van der Waals surface area contributed by atoms with Gasteiger partial charge in [0.15, 0.2) is 4.67 Å². The third-order valence-corrected chi connectivity index (χ3v) is 3.35. The van der Waals surface area contributed by atoms with Crippen molar-refractivity contribution < 1.29 is 9.21 Å². The first-order valence-corrected chi connectivity index (χ1v) is 6.70. The highest BCUT2D eigenvalue weighted by atomic mass is 79.9. The van der Waals surface area contributed by atoms with Gasteiger partial charge < -0.3 is 14.6 Å². The molecule has 1 aliphatic rings. The lowest BCUT2D eigenvalue weighted by Gasteiger charge is -2.21. The molecule has 1 fully saturated rings. The van der Waals surface area contributed by atoms with E-state index in [4.69, 9.17) is 4.42 Å². The molecule has 1 aromatic rings. The summed E-state index contributed by atoms with van der Waals surface area (Å²) in [4.78, 5) is 13.4. The fourth-order valence-corrected chi connectivity index (χ4v) is 2.35. The molecule has 1 N–H and O–H groups in total. The van der Waals surface area contributed by atoms with E-state index in [0.717, 1.165) is 29.9 Å². The fraction of sp³-hybridized carbons (Fsp3) is 0.583. The maximum atomic E-state index is 11.5. The second-order valence-electron chi connectivity index (χ2n) is 4.43. The minimum absolute atomic E-state index is 0.277. The summed E-state index contributed by atoms with van der Waals surface area (Å²) >= 11 is 3.27. The second-order valence-corrected chi connectivity index (χ2v) is 5.21. The first-order chi connectivity index (χ1) is 8.15. The molecule has 1 amide bonds. The molecule has 0 aromatic carbocycles. The van der Waals surface area contributed by atoms with E-state index in [1.165, 1.54) is 0 Å². The van der Waals surface area contributed by atoms with Crippen molar-refractivity contribution in [1.29, 1.82) is 0 Å². The summed E-state index contributed by atoms with van der Waals surface area (Å²) in [7, 11) is 0. The molecular formula is C12H17BrN2O2. The van der Waals surface area contributed by atoms with E-state index in [1.54, 1.807) is 0 Å². The summed E-state index contributed by atoms with van der Waals surface area (Å²) in [5.41, 5.74) is 0. The zero-order valence-electron chi connectivity index (χ0n) is 9.91. The van der Waals surface area contributed by atoms with E-state index >= 15 is 0 Å². The Hall–Kier alpha value is -0.810. The number of likely N-dealkylation sites (tertiary alicyclic amines) is 1. The van der Waals surface area contributed by atoms with E-state index in [2.05, 4.69) is 28.2 Å². The fourth-order valence-electron chi connectivity index (χ4n) is 2.01. The van der Waals surface area contributed by atoms with Crippen LogP contribution in [0.4, 0.5) is 0 Å². The van der Waals surface area contributed by atoms with Gasteiger partial charge in [-0.05, 0) is 41.4 Å². The quantitative estimate of drug-likeness (QED) is 0.906. The van der Waals surface area contributed by atoms with Gasteiger partial charge in [0.1, 0.15) is 5.76 Å². The summed E-state index contributed by atoms with van der Waals surface area (Å²) in [5.74, 6) is 1.18. The van der Waals surface area contributed by atoms with Gasteiger partial charge in [-0.25, -0.2) is 0 Å². The lowest BCUT2D eigenvalue weighted by molar-refractivity contribution is -0.127. The van der Waals surface area contributed by atoms with Gasteiger partial charge in [-0.1, -0.05) is 0 Å². The Morgan fingerprint density at radius 1 is 1.59 bits per heavy atom.